The van der Waals surface area contributed by atoms with Crippen molar-refractivity contribution in [2.75, 3.05) is 53.6 Å². The van der Waals surface area contributed by atoms with Crippen LogP contribution in [-0.4, -0.2) is 64.1 Å². The Morgan fingerprint density at radius 1 is 0.762 bits per heavy atom. The third-order valence-electron chi connectivity index (χ3n) is 3.49. The summed E-state index contributed by atoms with van der Waals surface area (Å²) in [4.78, 5) is 2.50. The Balaban J connectivity index is 3.57. The maximum Gasteiger partial charge on any atom is 0.0589 e. The quantitative estimate of drug-likeness (QED) is 0.500. The fourth-order valence-electron chi connectivity index (χ4n) is 2.27. The van der Waals surface area contributed by atoms with E-state index in [1.54, 1.807) is 14.2 Å². The zero-order valence-corrected chi connectivity index (χ0v) is 15.0. The van der Waals surface area contributed by atoms with Gasteiger partial charge >= 0.3 is 0 Å². The third-order valence-corrected chi connectivity index (χ3v) is 3.49. The highest BCUT2D eigenvalue weighted by Gasteiger charge is 2.07. The molecule has 0 aliphatic rings. The molecule has 0 fully saturated rings. The molecule has 0 atom stereocenters. The van der Waals surface area contributed by atoms with Gasteiger partial charge in [0, 0.05) is 39.5 Å². The van der Waals surface area contributed by atoms with E-state index in [2.05, 4.69) is 31.0 Å². The Labute approximate surface area is 132 Å². The topological polar surface area (TPSA) is 33.7 Å². The first kappa shape index (κ1) is 20.8. The average molecular weight is 303 g/mol. The van der Waals surface area contributed by atoms with Crippen molar-refractivity contribution < 1.29 is 9.47 Å². The summed E-state index contributed by atoms with van der Waals surface area (Å²) in [5, 5.41) is 3.54. The van der Waals surface area contributed by atoms with Crippen LogP contribution in [0.3, 0.4) is 0 Å². The summed E-state index contributed by atoms with van der Waals surface area (Å²) in [6.45, 7) is 12.8. The van der Waals surface area contributed by atoms with E-state index in [9.17, 15) is 0 Å². The second-order valence-electron chi connectivity index (χ2n) is 6.77. The zero-order chi connectivity index (χ0) is 16.0. The van der Waals surface area contributed by atoms with E-state index in [1.165, 1.54) is 32.2 Å². The molecule has 128 valence electrons. The molecule has 0 aliphatic heterocycles. The number of unbranched alkanes of at least 4 members (excludes halogenated alkanes) is 3. The van der Waals surface area contributed by atoms with Gasteiger partial charge < -0.3 is 19.7 Å². The zero-order valence-electron chi connectivity index (χ0n) is 15.0. The molecule has 0 radical (unpaired) electrons. The van der Waals surface area contributed by atoms with Crippen LogP contribution < -0.4 is 5.32 Å². The van der Waals surface area contributed by atoms with E-state index >= 15 is 0 Å². The summed E-state index contributed by atoms with van der Waals surface area (Å²) in [5.74, 6) is 0. The molecule has 4 nitrogen and oxygen atoms in total. The highest BCUT2D eigenvalue weighted by molar-refractivity contribution is 4.69. The maximum atomic E-state index is 5.19. The van der Waals surface area contributed by atoms with E-state index in [1.807, 2.05) is 0 Å². The van der Waals surface area contributed by atoms with Crippen LogP contribution in [0.25, 0.3) is 0 Å². The lowest BCUT2D eigenvalue weighted by Crippen LogP contribution is -2.36. The molecule has 0 aliphatic carbocycles. The van der Waals surface area contributed by atoms with Crippen LogP contribution in [0.2, 0.25) is 0 Å². The van der Waals surface area contributed by atoms with Crippen molar-refractivity contribution in [3.8, 4) is 0 Å². The van der Waals surface area contributed by atoms with Crippen molar-refractivity contribution in [1.82, 2.24) is 10.2 Å². The summed E-state index contributed by atoms with van der Waals surface area (Å²) in [6.07, 6.45) is 6.31. The van der Waals surface area contributed by atoms with Gasteiger partial charge in [0.25, 0.3) is 0 Å². The molecule has 21 heavy (non-hydrogen) atoms. The number of ether oxygens (including phenoxy) is 2. The van der Waals surface area contributed by atoms with Gasteiger partial charge in [-0.3, -0.25) is 0 Å². The summed E-state index contributed by atoms with van der Waals surface area (Å²) < 4.78 is 10.3. The number of methoxy groups -OCH3 is 2. The predicted molar refractivity (Wildman–Crippen MR) is 91.0 cm³/mol. The summed E-state index contributed by atoms with van der Waals surface area (Å²) >= 11 is 0. The number of nitrogens with zero attached hydrogens (tertiary/aromatic N) is 1. The van der Waals surface area contributed by atoms with Gasteiger partial charge in [-0.2, -0.15) is 0 Å². The predicted octanol–water partition coefficient (Wildman–Crippen LogP) is 2.92. The Hall–Kier alpha value is -0.160. The van der Waals surface area contributed by atoms with Gasteiger partial charge in [-0.05, 0) is 53.1 Å². The molecule has 0 heterocycles. The van der Waals surface area contributed by atoms with Crippen LogP contribution in [0.15, 0.2) is 0 Å². The van der Waals surface area contributed by atoms with E-state index in [4.69, 9.17) is 9.47 Å². The highest BCUT2D eigenvalue weighted by Crippen LogP contribution is 2.04. The molecular formula is C17H38N2O2. The standard InChI is InChI=1S/C17H38N2O2/c1-17(2,3)18-11-8-6-7-9-12-19(14-16-21-5)13-10-15-20-4/h18H,6-16H2,1-5H3. The Morgan fingerprint density at radius 3 is 2.00 bits per heavy atom. The Morgan fingerprint density at radius 2 is 1.38 bits per heavy atom. The van der Waals surface area contributed by atoms with Crippen LogP contribution in [-0.2, 0) is 9.47 Å². The smallest absolute Gasteiger partial charge is 0.0589 e. The molecule has 0 aromatic rings. The molecule has 0 aromatic carbocycles. The first-order valence-electron chi connectivity index (χ1n) is 8.45. The van der Waals surface area contributed by atoms with Crippen LogP contribution in [0.5, 0.6) is 0 Å². The van der Waals surface area contributed by atoms with Gasteiger partial charge in [0.15, 0.2) is 0 Å². The van der Waals surface area contributed by atoms with Crippen LogP contribution in [0.1, 0.15) is 52.9 Å². The molecule has 0 unspecified atom stereocenters. The van der Waals surface area contributed by atoms with Crippen molar-refractivity contribution in [2.24, 2.45) is 0 Å². The first-order chi connectivity index (χ1) is 9.99. The molecule has 0 amide bonds. The van der Waals surface area contributed by atoms with Crippen molar-refractivity contribution >= 4 is 0 Å². The third kappa shape index (κ3) is 16.0. The summed E-state index contributed by atoms with van der Waals surface area (Å²) in [6, 6.07) is 0. The van der Waals surface area contributed by atoms with E-state index < -0.39 is 0 Å². The van der Waals surface area contributed by atoms with Gasteiger partial charge in [-0.25, -0.2) is 0 Å². The molecular weight excluding hydrogens is 264 g/mol. The van der Waals surface area contributed by atoms with Crippen molar-refractivity contribution in [1.29, 1.82) is 0 Å². The Bertz CT molecular complexity index is 217. The molecule has 1 N–H and O–H groups in total. The molecule has 0 aromatic heterocycles. The lowest BCUT2D eigenvalue weighted by atomic mass is 10.1. The minimum absolute atomic E-state index is 0.248. The average Bonchev–Trinajstić information content (AvgIpc) is 2.42. The van der Waals surface area contributed by atoms with Gasteiger partial charge in [-0.15, -0.1) is 0 Å². The monoisotopic (exact) mass is 302 g/mol. The number of nitrogens with one attached hydrogen (secondary N) is 1. The van der Waals surface area contributed by atoms with Crippen molar-refractivity contribution in [3.63, 3.8) is 0 Å². The fraction of sp³-hybridized carbons (Fsp3) is 1.00. The molecule has 0 spiro atoms. The van der Waals surface area contributed by atoms with Crippen molar-refractivity contribution in [2.45, 2.75) is 58.4 Å². The summed E-state index contributed by atoms with van der Waals surface area (Å²) in [7, 11) is 3.54. The minimum Gasteiger partial charge on any atom is -0.385 e. The molecule has 0 rings (SSSR count). The SMILES string of the molecule is COCCCN(CCCCCCNC(C)(C)C)CCOC. The van der Waals surface area contributed by atoms with Gasteiger partial charge in [-0.1, -0.05) is 12.8 Å². The number of hydrogen-bond acceptors (Lipinski definition) is 4. The molecule has 0 bridgehead atoms. The van der Waals surface area contributed by atoms with Crippen molar-refractivity contribution in [3.05, 3.63) is 0 Å². The van der Waals surface area contributed by atoms with E-state index in [0.29, 0.717) is 0 Å². The van der Waals surface area contributed by atoms with Gasteiger partial charge in [0.2, 0.25) is 0 Å². The maximum absolute atomic E-state index is 5.19. The number of rotatable bonds is 14. The second kappa shape index (κ2) is 13.5. The molecule has 0 saturated heterocycles. The largest absolute Gasteiger partial charge is 0.385 e. The van der Waals surface area contributed by atoms with E-state index in [0.717, 1.165) is 39.3 Å². The van der Waals surface area contributed by atoms with E-state index in [-0.39, 0.29) is 5.54 Å². The fourth-order valence-corrected chi connectivity index (χ4v) is 2.27. The minimum atomic E-state index is 0.248. The summed E-state index contributed by atoms with van der Waals surface area (Å²) in [5.41, 5.74) is 0.248. The van der Waals surface area contributed by atoms with Crippen LogP contribution in [0, 0.1) is 0 Å². The molecule has 0 saturated carbocycles. The highest BCUT2D eigenvalue weighted by atomic mass is 16.5. The lowest BCUT2D eigenvalue weighted by molar-refractivity contribution is 0.131. The molecule has 4 heteroatoms. The number of hydrogen-bond donors (Lipinski definition) is 1. The van der Waals surface area contributed by atoms with Gasteiger partial charge in [0.1, 0.15) is 0 Å². The first-order valence-corrected chi connectivity index (χ1v) is 8.45. The van der Waals surface area contributed by atoms with Crippen LogP contribution in [0.4, 0.5) is 0 Å². The normalized spacial score (nSPS) is 12.3. The Kier molecular flexibility index (Phi) is 13.4. The van der Waals surface area contributed by atoms with Gasteiger partial charge in [0.05, 0.1) is 6.61 Å². The lowest BCUT2D eigenvalue weighted by Gasteiger charge is -2.22. The van der Waals surface area contributed by atoms with Crippen LogP contribution >= 0.6 is 0 Å². The second-order valence-corrected chi connectivity index (χ2v) is 6.77.